The fourth-order valence-electron chi connectivity index (χ4n) is 2.41. The van der Waals surface area contributed by atoms with Crippen LogP contribution in [0.3, 0.4) is 0 Å². The van der Waals surface area contributed by atoms with Crippen molar-refractivity contribution in [2.45, 2.75) is 29.3 Å². The molecule has 3 aromatic heterocycles. The van der Waals surface area contributed by atoms with Crippen LogP contribution in [-0.2, 0) is 0 Å². The van der Waals surface area contributed by atoms with Gasteiger partial charge in [-0.15, -0.1) is 21.5 Å². The monoisotopic (exact) mass is 403 g/mol. The summed E-state index contributed by atoms with van der Waals surface area (Å²) in [5, 5.41) is 16.2. The van der Waals surface area contributed by atoms with E-state index in [9.17, 15) is 4.39 Å². The number of thiophene rings is 1. The molecule has 0 amide bonds. The summed E-state index contributed by atoms with van der Waals surface area (Å²) in [6.45, 7) is 4.12. The van der Waals surface area contributed by atoms with Gasteiger partial charge in [0.15, 0.2) is 4.34 Å². The first-order valence-electron chi connectivity index (χ1n) is 7.86. The SMILES string of the molecule is CC(C)Nc1nnc(Sc2ncnc3scc(-c4ccc(F)cc4)c23)s1. The van der Waals surface area contributed by atoms with Crippen molar-refractivity contribution in [2.24, 2.45) is 0 Å². The second-order valence-electron chi connectivity index (χ2n) is 5.79. The quantitative estimate of drug-likeness (QED) is 0.455. The Morgan fingerprint density at radius 2 is 1.92 bits per heavy atom. The lowest BCUT2D eigenvalue weighted by molar-refractivity contribution is 0.628. The van der Waals surface area contributed by atoms with E-state index < -0.39 is 0 Å². The van der Waals surface area contributed by atoms with Gasteiger partial charge in [0.25, 0.3) is 0 Å². The summed E-state index contributed by atoms with van der Waals surface area (Å²) in [5.41, 5.74) is 1.94. The Bertz CT molecular complexity index is 1040. The molecule has 0 aliphatic rings. The zero-order valence-corrected chi connectivity index (χ0v) is 16.4. The predicted molar refractivity (Wildman–Crippen MR) is 106 cm³/mol. The maximum atomic E-state index is 13.3. The highest BCUT2D eigenvalue weighted by Crippen LogP contribution is 2.41. The number of fused-ring (bicyclic) bond motifs is 1. The molecule has 0 saturated heterocycles. The Labute approximate surface area is 161 Å². The molecule has 0 atom stereocenters. The molecule has 9 heteroatoms. The molecule has 0 radical (unpaired) electrons. The smallest absolute Gasteiger partial charge is 0.206 e. The number of benzene rings is 1. The van der Waals surface area contributed by atoms with E-state index in [1.165, 1.54) is 35.2 Å². The molecule has 0 aliphatic carbocycles. The molecule has 0 saturated carbocycles. The minimum Gasteiger partial charge on any atom is -0.358 e. The van der Waals surface area contributed by atoms with E-state index in [-0.39, 0.29) is 5.82 Å². The van der Waals surface area contributed by atoms with E-state index in [1.807, 2.05) is 5.38 Å². The van der Waals surface area contributed by atoms with Crippen LogP contribution >= 0.6 is 34.4 Å². The Balaban J connectivity index is 1.72. The summed E-state index contributed by atoms with van der Waals surface area (Å²) in [4.78, 5) is 9.71. The van der Waals surface area contributed by atoms with Crippen LogP contribution in [0.2, 0.25) is 0 Å². The van der Waals surface area contributed by atoms with Crippen LogP contribution in [0.25, 0.3) is 21.3 Å². The topological polar surface area (TPSA) is 63.6 Å². The first-order valence-corrected chi connectivity index (χ1v) is 10.4. The lowest BCUT2D eigenvalue weighted by atomic mass is 10.1. The van der Waals surface area contributed by atoms with Gasteiger partial charge >= 0.3 is 0 Å². The molecule has 1 aromatic carbocycles. The van der Waals surface area contributed by atoms with Gasteiger partial charge in [-0.3, -0.25) is 0 Å². The van der Waals surface area contributed by atoms with Gasteiger partial charge in [0.05, 0.1) is 5.39 Å². The van der Waals surface area contributed by atoms with Crippen LogP contribution in [0.5, 0.6) is 0 Å². The minimum atomic E-state index is -0.252. The second kappa shape index (κ2) is 7.26. The number of anilines is 1. The van der Waals surface area contributed by atoms with Crippen LogP contribution in [0, 0.1) is 5.82 Å². The van der Waals surface area contributed by atoms with E-state index in [1.54, 1.807) is 29.8 Å². The largest absolute Gasteiger partial charge is 0.358 e. The molecule has 1 N–H and O–H groups in total. The molecule has 26 heavy (non-hydrogen) atoms. The molecule has 4 aromatic rings. The van der Waals surface area contributed by atoms with Gasteiger partial charge in [0.2, 0.25) is 5.13 Å². The van der Waals surface area contributed by atoms with E-state index >= 15 is 0 Å². The number of halogens is 1. The Kier molecular flexibility index (Phi) is 4.84. The summed E-state index contributed by atoms with van der Waals surface area (Å²) in [6.07, 6.45) is 1.56. The highest BCUT2D eigenvalue weighted by molar-refractivity contribution is 8.01. The molecule has 4 rings (SSSR count). The minimum absolute atomic E-state index is 0.252. The summed E-state index contributed by atoms with van der Waals surface area (Å²) >= 11 is 4.51. The van der Waals surface area contributed by atoms with Crippen LogP contribution in [0.1, 0.15) is 13.8 Å². The molecule has 0 unspecified atom stereocenters. The van der Waals surface area contributed by atoms with Crippen molar-refractivity contribution in [3.05, 3.63) is 41.8 Å². The number of hydrogen-bond acceptors (Lipinski definition) is 8. The fourth-order valence-corrected chi connectivity index (χ4v) is 5.31. The maximum absolute atomic E-state index is 13.3. The third-order valence-corrected chi connectivity index (χ3v) is 6.29. The third kappa shape index (κ3) is 3.55. The molecule has 0 spiro atoms. The standard InChI is InChI=1S/C17H14FN5S3/c1-9(2)21-16-22-23-17(26-16)25-15-13-12(7-24-14(13)19-8-20-15)10-3-5-11(18)6-4-10/h3-9H,1-2H3,(H,21,22). The van der Waals surface area contributed by atoms with Crippen molar-refractivity contribution < 1.29 is 4.39 Å². The van der Waals surface area contributed by atoms with Crippen LogP contribution < -0.4 is 5.32 Å². The number of rotatable bonds is 5. The molecular formula is C17H14FN5S3. The van der Waals surface area contributed by atoms with Gasteiger partial charge in [-0.25, -0.2) is 14.4 Å². The Hall–Kier alpha value is -2.10. The maximum Gasteiger partial charge on any atom is 0.206 e. The van der Waals surface area contributed by atoms with Gasteiger partial charge in [0, 0.05) is 17.0 Å². The normalized spacial score (nSPS) is 11.4. The average molecular weight is 404 g/mol. The zero-order chi connectivity index (χ0) is 18.1. The number of hydrogen-bond donors (Lipinski definition) is 1. The van der Waals surface area contributed by atoms with E-state index in [2.05, 4.69) is 39.3 Å². The van der Waals surface area contributed by atoms with E-state index in [4.69, 9.17) is 0 Å². The lowest BCUT2D eigenvalue weighted by Crippen LogP contribution is -2.08. The first-order chi connectivity index (χ1) is 12.6. The van der Waals surface area contributed by atoms with Gasteiger partial charge < -0.3 is 5.32 Å². The number of aromatic nitrogens is 4. The summed E-state index contributed by atoms with van der Waals surface area (Å²) in [6, 6.07) is 6.77. The van der Waals surface area contributed by atoms with Gasteiger partial charge in [0.1, 0.15) is 22.0 Å². The predicted octanol–water partition coefficient (Wildman–Crippen LogP) is 5.32. The van der Waals surface area contributed by atoms with Gasteiger partial charge in [-0.05, 0) is 43.3 Å². The zero-order valence-electron chi connectivity index (χ0n) is 13.9. The van der Waals surface area contributed by atoms with Crippen LogP contribution in [0.4, 0.5) is 9.52 Å². The number of nitrogens with one attached hydrogen (secondary N) is 1. The molecule has 0 bridgehead atoms. The summed E-state index contributed by atoms with van der Waals surface area (Å²) in [5.74, 6) is -0.252. The van der Waals surface area contributed by atoms with Crippen molar-refractivity contribution >= 4 is 49.8 Å². The van der Waals surface area contributed by atoms with Crippen molar-refractivity contribution in [3.8, 4) is 11.1 Å². The first kappa shape index (κ1) is 17.3. The number of nitrogens with zero attached hydrogens (tertiary/aromatic N) is 4. The molecule has 3 heterocycles. The lowest BCUT2D eigenvalue weighted by Gasteiger charge is -2.04. The third-order valence-electron chi connectivity index (χ3n) is 3.49. The van der Waals surface area contributed by atoms with Crippen LogP contribution in [-0.4, -0.2) is 26.2 Å². The molecule has 0 fully saturated rings. The van der Waals surface area contributed by atoms with Crippen LogP contribution in [0.15, 0.2) is 45.3 Å². The Morgan fingerprint density at radius 3 is 2.69 bits per heavy atom. The molecule has 5 nitrogen and oxygen atoms in total. The van der Waals surface area contributed by atoms with E-state index in [0.717, 1.165) is 35.8 Å². The highest BCUT2D eigenvalue weighted by Gasteiger charge is 2.16. The highest BCUT2D eigenvalue weighted by atomic mass is 32.2. The van der Waals surface area contributed by atoms with Gasteiger partial charge in [-0.1, -0.05) is 23.5 Å². The average Bonchev–Trinajstić information content (AvgIpc) is 3.23. The summed E-state index contributed by atoms with van der Waals surface area (Å²) in [7, 11) is 0. The van der Waals surface area contributed by atoms with E-state index in [0.29, 0.717) is 6.04 Å². The van der Waals surface area contributed by atoms with Crippen molar-refractivity contribution in [2.75, 3.05) is 5.32 Å². The fraction of sp³-hybridized carbons (Fsp3) is 0.176. The molecular weight excluding hydrogens is 389 g/mol. The summed E-state index contributed by atoms with van der Waals surface area (Å²) < 4.78 is 14.1. The van der Waals surface area contributed by atoms with Crippen molar-refractivity contribution in [1.29, 1.82) is 0 Å². The molecule has 132 valence electrons. The van der Waals surface area contributed by atoms with Crippen molar-refractivity contribution in [3.63, 3.8) is 0 Å². The molecule has 0 aliphatic heterocycles. The second-order valence-corrected chi connectivity index (χ2v) is 8.86. The van der Waals surface area contributed by atoms with Gasteiger partial charge in [-0.2, -0.15) is 0 Å². The van der Waals surface area contributed by atoms with Crippen molar-refractivity contribution in [1.82, 2.24) is 20.2 Å². The Morgan fingerprint density at radius 1 is 1.12 bits per heavy atom.